The Morgan fingerprint density at radius 1 is 1.09 bits per heavy atom. The number of oxazole rings is 1. The van der Waals surface area contributed by atoms with Crippen molar-refractivity contribution in [1.29, 1.82) is 0 Å². The van der Waals surface area contributed by atoms with Crippen molar-refractivity contribution in [3.8, 4) is 0 Å². The van der Waals surface area contributed by atoms with E-state index in [1.54, 1.807) is 66.6 Å². The molecule has 3 heterocycles. The number of likely N-dealkylation sites (tertiary alicyclic amines) is 1. The van der Waals surface area contributed by atoms with Gasteiger partial charge < -0.3 is 24.6 Å². The molecule has 12 heteroatoms. The van der Waals surface area contributed by atoms with Crippen molar-refractivity contribution < 1.29 is 32.3 Å². The number of likely N-dealkylation sites (N-methyl/N-ethyl adjacent to an activating group) is 1. The summed E-state index contributed by atoms with van der Waals surface area (Å²) in [5, 5.41) is 14.5. The van der Waals surface area contributed by atoms with Gasteiger partial charge in [-0.1, -0.05) is 36.4 Å². The maximum absolute atomic E-state index is 13.7. The molecular formula is C33H34F3N5O4. The number of hydrogen-bond acceptors (Lipinski definition) is 7. The molecule has 0 aliphatic carbocycles. The Bertz CT molecular complexity index is 1660. The van der Waals surface area contributed by atoms with Gasteiger partial charge >= 0.3 is 6.18 Å². The molecule has 9 nitrogen and oxygen atoms in total. The predicted molar refractivity (Wildman–Crippen MR) is 160 cm³/mol. The van der Waals surface area contributed by atoms with Crippen LogP contribution in [0.4, 0.5) is 18.9 Å². The van der Waals surface area contributed by atoms with Gasteiger partial charge in [-0.15, -0.1) is 0 Å². The number of hydrogen-bond donors (Lipinski definition) is 2. The van der Waals surface area contributed by atoms with E-state index >= 15 is 0 Å². The second kappa shape index (κ2) is 12.7. The molecule has 1 aliphatic rings. The number of amides is 2. The first kappa shape index (κ1) is 31.7. The van der Waals surface area contributed by atoms with E-state index in [1.165, 1.54) is 24.2 Å². The van der Waals surface area contributed by atoms with Crippen LogP contribution in [0.2, 0.25) is 0 Å². The third-order valence-corrected chi connectivity index (χ3v) is 8.16. The van der Waals surface area contributed by atoms with Crippen LogP contribution >= 0.6 is 0 Å². The molecule has 1 saturated heterocycles. The molecule has 2 aromatic heterocycles. The molecular weight excluding hydrogens is 587 g/mol. The SMILES string of the molecule is Cc1coc([C@H]2CCCN2C(=O)c2cccc(C(=O)N[C@@](C)(c3ccccc3)[C@H](O)CN(C)c3cncc(C(F)(F)F)c3)c2)n1. The van der Waals surface area contributed by atoms with Gasteiger partial charge in [0.2, 0.25) is 5.89 Å². The predicted octanol–water partition coefficient (Wildman–Crippen LogP) is 5.52. The van der Waals surface area contributed by atoms with Gasteiger partial charge in [0.05, 0.1) is 34.8 Å². The number of benzene rings is 2. The third kappa shape index (κ3) is 6.85. The zero-order chi connectivity index (χ0) is 32.4. The van der Waals surface area contributed by atoms with Gasteiger partial charge in [0.15, 0.2) is 0 Å². The minimum atomic E-state index is -4.57. The fourth-order valence-corrected chi connectivity index (χ4v) is 5.53. The Kier molecular flexibility index (Phi) is 8.96. The number of nitrogens with one attached hydrogen (secondary N) is 1. The van der Waals surface area contributed by atoms with Gasteiger partial charge in [0.25, 0.3) is 11.8 Å². The highest BCUT2D eigenvalue weighted by atomic mass is 19.4. The minimum Gasteiger partial charge on any atom is -0.446 e. The van der Waals surface area contributed by atoms with Crippen LogP contribution in [0.25, 0.3) is 0 Å². The zero-order valence-corrected chi connectivity index (χ0v) is 25.1. The van der Waals surface area contributed by atoms with Crippen molar-refractivity contribution in [2.75, 3.05) is 25.0 Å². The molecule has 4 aromatic rings. The Morgan fingerprint density at radius 2 is 1.82 bits per heavy atom. The summed E-state index contributed by atoms with van der Waals surface area (Å²) >= 11 is 0. The fraction of sp³-hybridized carbons (Fsp3) is 0.333. The quantitative estimate of drug-likeness (QED) is 0.253. The number of aliphatic hydroxyl groups is 1. The zero-order valence-electron chi connectivity index (χ0n) is 25.1. The summed E-state index contributed by atoms with van der Waals surface area (Å²) in [5.41, 5.74) is -0.309. The summed E-state index contributed by atoms with van der Waals surface area (Å²) in [5.74, 6) is -0.323. The van der Waals surface area contributed by atoms with Gasteiger partial charge in [-0.05, 0) is 56.5 Å². The molecule has 0 unspecified atom stereocenters. The summed E-state index contributed by atoms with van der Waals surface area (Å²) in [6.45, 7) is 3.85. The first-order valence-corrected chi connectivity index (χ1v) is 14.5. The number of aryl methyl sites for hydroxylation is 1. The van der Waals surface area contributed by atoms with Crippen LogP contribution < -0.4 is 10.2 Å². The number of carbonyl (C=O) groups is 2. The molecule has 1 aliphatic heterocycles. The average molecular weight is 622 g/mol. The van der Waals surface area contributed by atoms with E-state index in [2.05, 4.69) is 15.3 Å². The van der Waals surface area contributed by atoms with E-state index in [0.29, 0.717) is 30.0 Å². The number of carbonyl (C=O) groups excluding carboxylic acids is 2. The number of aromatic nitrogens is 2. The lowest BCUT2D eigenvalue weighted by Crippen LogP contribution is -2.55. The number of halogens is 3. The molecule has 0 spiro atoms. The molecule has 0 radical (unpaired) electrons. The highest BCUT2D eigenvalue weighted by Gasteiger charge is 2.39. The van der Waals surface area contributed by atoms with Crippen molar-refractivity contribution in [3.63, 3.8) is 0 Å². The Balaban J connectivity index is 1.37. The first-order chi connectivity index (χ1) is 21.4. The van der Waals surface area contributed by atoms with Crippen LogP contribution in [0.5, 0.6) is 0 Å². The van der Waals surface area contributed by atoms with Gasteiger partial charge in [-0.2, -0.15) is 13.2 Å². The second-order valence-corrected chi connectivity index (χ2v) is 11.4. The van der Waals surface area contributed by atoms with Crippen LogP contribution in [0.15, 0.2) is 83.7 Å². The summed E-state index contributed by atoms with van der Waals surface area (Å²) < 4.78 is 45.4. The fourth-order valence-electron chi connectivity index (χ4n) is 5.53. The smallest absolute Gasteiger partial charge is 0.417 e. The second-order valence-electron chi connectivity index (χ2n) is 11.4. The van der Waals surface area contributed by atoms with E-state index in [1.807, 2.05) is 6.92 Å². The largest absolute Gasteiger partial charge is 0.446 e. The molecule has 2 N–H and O–H groups in total. The summed E-state index contributed by atoms with van der Waals surface area (Å²) in [6, 6.07) is 15.8. The monoisotopic (exact) mass is 621 g/mol. The number of pyridine rings is 1. The maximum atomic E-state index is 13.7. The number of rotatable bonds is 9. The van der Waals surface area contributed by atoms with Gasteiger partial charge in [0.1, 0.15) is 12.3 Å². The van der Waals surface area contributed by atoms with E-state index in [4.69, 9.17) is 4.42 Å². The lowest BCUT2D eigenvalue weighted by molar-refractivity contribution is -0.137. The van der Waals surface area contributed by atoms with E-state index in [-0.39, 0.29) is 29.7 Å². The van der Waals surface area contributed by atoms with Crippen molar-refractivity contribution in [1.82, 2.24) is 20.2 Å². The number of alkyl halides is 3. The Labute approximate surface area is 258 Å². The summed E-state index contributed by atoms with van der Waals surface area (Å²) in [4.78, 5) is 38.5. The van der Waals surface area contributed by atoms with Crippen LogP contribution in [0.3, 0.4) is 0 Å². The molecule has 0 bridgehead atoms. The van der Waals surface area contributed by atoms with Crippen molar-refractivity contribution in [2.45, 2.75) is 50.6 Å². The number of nitrogens with zero attached hydrogens (tertiary/aromatic N) is 4. The first-order valence-electron chi connectivity index (χ1n) is 14.5. The van der Waals surface area contributed by atoms with Crippen LogP contribution in [-0.2, 0) is 11.7 Å². The lowest BCUT2D eigenvalue weighted by Gasteiger charge is -2.38. The molecule has 1 fully saturated rings. The van der Waals surface area contributed by atoms with Crippen molar-refractivity contribution in [2.24, 2.45) is 0 Å². The number of aliphatic hydroxyl groups excluding tert-OH is 1. The summed E-state index contributed by atoms with van der Waals surface area (Å²) in [6.07, 6.45) is -0.789. The summed E-state index contributed by atoms with van der Waals surface area (Å²) in [7, 11) is 1.54. The molecule has 3 atom stereocenters. The van der Waals surface area contributed by atoms with Gasteiger partial charge in [0, 0.05) is 37.5 Å². The van der Waals surface area contributed by atoms with Crippen LogP contribution in [0, 0.1) is 6.92 Å². The minimum absolute atomic E-state index is 0.135. The molecule has 236 valence electrons. The van der Waals surface area contributed by atoms with Crippen LogP contribution in [0.1, 0.15) is 69.2 Å². The topological polar surface area (TPSA) is 112 Å². The van der Waals surface area contributed by atoms with E-state index in [0.717, 1.165) is 24.4 Å². The molecule has 45 heavy (non-hydrogen) atoms. The Hall–Kier alpha value is -4.71. The van der Waals surface area contributed by atoms with E-state index in [9.17, 15) is 27.9 Å². The maximum Gasteiger partial charge on any atom is 0.417 e. The Morgan fingerprint density at radius 3 is 2.51 bits per heavy atom. The van der Waals surface area contributed by atoms with Crippen LogP contribution in [-0.4, -0.2) is 58.0 Å². The highest BCUT2D eigenvalue weighted by Crippen LogP contribution is 2.34. The average Bonchev–Trinajstić information content (AvgIpc) is 3.70. The van der Waals surface area contributed by atoms with Gasteiger partial charge in [-0.3, -0.25) is 14.6 Å². The molecule has 0 saturated carbocycles. The van der Waals surface area contributed by atoms with Gasteiger partial charge in [-0.25, -0.2) is 4.98 Å². The molecule has 2 aromatic carbocycles. The van der Waals surface area contributed by atoms with Crippen molar-refractivity contribution >= 4 is 17.5 Å². The van der Waals surface area contributed by atoms with E-state index < -0.39 is 29.3 Å². The lowest BCUT2D eigenvalue weighted by atomic mass is 9.85. The highest BCUT2D eigenvalue weighted by molar-refractivity contribution is 6.00. The number of anilines is 1. The normalized spacial score (nSPS) is 17.0. The third-order valence-electron chi connectivity index (χ3n) is 8.16. The standard InChI is InChI=1S/C33H34F3N5O4/c1-21-20-45-30(38-21)27-13-8-14-41(27)31(44)23-10-7-9-22(15-23)29(43)39-32(2,24-11-5-4-6-12-24)28(42)19-40(3)26-16-25(17-37-18-26)33(34,35)36/h4-7,9-12,15-18,20,27-28,42H,8,13-14,19H2,1-3H3,(H,39,43)/t27-,28-,32+/m1/s1. The molecule has 2 amide bonds. The molecule has 5 rings (SSSR count). The van der Waals surface area contributed by atoms with Crippen molar-refractivity contribution in [3.05, 3.63) is 113 Å².